The molecule has 0 bridgehead atoms. The van der Waals surface area contributed by atoms with E-state index in [2.05, 4.69) is 15.6 Å². The maximum absolute atomic E-state index is 13.5. The summed E-state index contributed by atoms with van der Waals surface area (Å²) in [5.41, 5.74) is 0.519. The van der Waals surface area contributed by atoms with Gasteiger partial charge < -0.3 is 10.6 Å². The number of halogens is 3. The Kier molecular flexibility index (Phi) is 5.33. The normalized spacial score (nSPS) is 10.6. The Morgan fingerprint density at radius 3 is 2.62 bits per heavy atom. The average molecular weight is 397 g/mol. The highest BCUT2D eigenvalue weighted by Crippen LogP contribution is 2.25. The zero-order valence-corrected chi connectivity index (χ0v) is 14.5. The van der Waals surface area contributed by atoms with Crippen molar-refractivity contribution in [3.63, 3.8) is 0 Å². The highest BCUT2D eigenvalue weighted by Gasteiger charge is 2.17. The van der Waals surface area contributed by atoms with Gasteiger partial charge >= 0.3 is 0 Å². The van der Waals surface area contributed by atoms with Gasteiger partial charge in [-0.3, -0.25) is 9.59 Å². The summed E-state index contributed by atoms with van der Waals surface area (Å²) in [6, 6.07) is 3.45. The lowest BCUT2D eigenvalue weighted by Crippen LogP contribution is -2.33. The van der Waals surface area contributed by atoms with Gasteiger partial charge in [-0.05, 0) is 23.6 Å². The van der Waals surface area contributed by atoms with Crippen molar-refractivity contribution in [1.29, 1.82) is 0 Å². The minimum atomic E-state index is -1.68. The molecule has 3 rings (SSSR count). The van der Waals surface area contributed by atoms with Crippen LogP contribution in [-0.4, -0.2) is 23.3 Å². The third-order valence-electron chi connectivity index (χ3n) is 3.22. The molecule has 0 saturated heterocycles. The first-order valence-electron chi connectivity index (χ1n) is 7.15. The topological polar surface area (TPSA) is 71.1 Å². The van der Waals surface area contributed by atoms with E-state index in [4.69, 9.17) is 0 Å². The lowest BCUT2D eigenvalue weighted by molar-refractivity contribution is -0.115. The van der Waals surface area contributed by atoms with Crippen LogP contribution in [0.2, 0.25) is 0 Å². The molecule has 2 N–H and O–H groups in total. The van der Waals surface area contributed by atoms with Crippen molar-refractivity contribution < 1.29 is 22.8 Å². The van der Waals surface area contributed by atoms with Gasteiger partial charge in [0.25, 0.3) is 5.91 Å². The van der Waals surface area contributed by atoms with E-state index in [9.17, 15) is 22.8 Å². The Bertz CT molecular complexity index is 958. The number of amides is 2. The molecule has 5 nitrogen and oxygen atoms in total. The second-order valence-corrected chi connectivity index (χ2v) is 6.64. The summed E-state index contributed by atoms with van der Waals surface area (Å²) in [7, 11) is 0. The zero-order valence-electron chi connectivity index (χ0n) is 12.9. The van der Waals surface area contributed by atoms with Crippen molar-refractivity contribution >= 4 is 40.2 Å². The molecular formula is C16H10F3N3O2S2. The van der Waals surface area contributed by atoms with E-state index in [0.717, 1.165) is 11.6 Å². The second kappa shape index (κ2) is 7.67. The van der Waals surface area contributed by atoms with Crippen LogP contribution >= 0.6 is 22.7 Å². The maximum atomic E-state index is 13.5. The number of aromatic nitrogens is 1. The summed E-state index contributed by atoms with van der Waals surface area (Å²) in [6.07, 6.45) is 0. The van der Waals surface area contributed by atoms with Gasteiger partial charge in [0.2, 0.25) is 5.91 Å². The molecule has 2 amide bonds. The molecule has 0 unspecified atom stereocenters. The van der Waals surface area contributed by atoms with Crippen LogP contribution in [0, 0.1) is 17.5 Å². The Labute approximate surface area is 153 Å². The van der Waals surface area contributed by atoms with E-state index in [0.29, 0.717) is 11.1 Å². The molecule has 3 aromatic rings. The van der Waals surface area contributed by atoms with Crippen LogP contribution < -0.4 is 10.6 Å². The molecule has 0 aliphatic carbocycles. The molecule has 0 aliphatic rings. The molecule has 0 spiro atoms. The number of nitrogens with zero attached hydrogens (tertiary/aromatic N) is 1. The van der Waals surface area contributed by atoms with Crippen LogP contribution in [0.1, 0.15) is 10.5 Å². The molecule has 26 heavy (non-hydrogen) atoms. The summed E-state index contributed by atoms with van der Waals surface area (Å²) in [5.74, 6) is -5.93. The molecule has 2 aromatic heterocycles. The quantitative estimate of drug-likeness (QED) is 0.646. The fraction of sp³-hybridized carbons (Fsp3) is 0.0625. The van der Waals surface area contributed by atoms with Crippen molar-refractivity contribution in [3.05, 3.63) is 57.5 Å². The lowest BCUT2D eigenvalue weighted by Gasteiger charge is -2.08. The van der Waals surface area contributed by atoms with Crippen LogP contribution in [0.4, 0.5) is 18.9 Å². The highest BCUT2D eigenvalue weighted by atomic mass is 32.1. The van der Waals surface area contributed by atoms with Gasteiger partial charge in [-0.25, -0.2) is 18.2 Å². The predicted octanol–water partition coefficient (Wildman–Crippen LogP) is 3.66. The number of anilines is 1. The molecule has 134 valence electrons. The van der Waals surface area contributed by atoms with Gasteiger partial charge in [-0.2, -0.15) is 11.3 Å². The molecule has 0 saturated carbocycles. The fourth-order valence-corrected chi connectivity index (χ4v) is 3.48. The van der Waals surface area contributed by atoms with Crippen molar-refractivity contribution in [3.8, 4) is 10.6 Å². The minimum Gasteiger partial charge on any atom is -0.342 e. The summed E-state index contributed by atoms with van der Waals surface area (Å²) in [5, 5.41) is 10.4. The van der Waals surface area contributed by atoms with E-state index in [1.54, 1.807) is 5.38 Å². The smallest absolute Gasteiger partial charge is 0.271 e. The van der Waals surface area contributed by atoms with Gasteiger partial charge in [0.1, 0.15) is 10.7 Å². The van der Waals surface area contributed by atoms with Gasteiger partial charge in [0.15, 0.2) is 17.5 Å². The molecule has 0 aliphatic heterocycles. The number of carbonyl (C=O) groups excluding carboxylic acids is 2. The van der Waals surface area contributed by atoms with Crippen LogP contribution in [-0.2, 0) is 4.79 Å². The molecule has 0 fully saturated rings. The largest absolute Gasteiger partial charge is 0.342 e. The minimum absolute atomic E-state index is 0.142. The van der Waals surface area contributed by atoms with Crippen LogP contribution in [0.25, 0.3) is 10.6 Å². The number of carbonyl (C=O) groups is 2. The van der Waals surface area contributed by atoms with Crippen LogP contribution in [0.15, 0.2) is 34.3 Å². The number of benzene rings is 1. The number of nitrogens with one attached hydrogen (secondary N) is 2. The van der Waals surface area contributed by atoms with Crippen LogP contribution in [0.3, 0.4) is 0 Å². The number of hydrogen-bond donors (Lipinski definition) is 2. The second-order valence-electron chi connectivity index (χ2n) is 5.00. The molecule has 1 aromatic carbocycles. The molecular weight excluding hydrogens is 387 g/mol. The molecule has 0 radical (unpaired) electrons. The number of hydrogen-bond acceptors (Lipinski definition) is 5. The predicted molar refractivity (Wildman–Crippen MR) is 92.7 cm³/mol. The first-order valence-corrected chi connectivity index (χ1v) is 8.97. The average Bonchev–Trinajstić information content (AvgIpc) is 3.31. The number of thiazole rings is 1. The zero-order chi connectivity index (χ0) is 18.7. The van der Waals surface area contributed by atoms with E-state index < -0.39 is 41.5 Å². The standard InChI is InChI=1S/C16H10F3N3O2S2/c17-9-1-2-10(14(19)13(9)18)21-12(23)5-20-15(24)11-7-26-16(22-11)8-3-4-25-6-8/h1-4,6-7H,5H2,(H,20,24)(H,21,23). The third-order valence-corrected chi connectivity index (χ3v) is 4.80. The third kappa shape index (κ3) is 3.92. The van der Waals surface area contributed by atoms with Crippen LogP contribution in [0.5, 0.6) is 0 Å². The van der Waals surface area contributed by atoms with E-state index in [1.807, 2.05) is 16.8 Å². The van der Waals surface area contributed by atoms with Crippen molar-refractivity contribution in [2.75, 3.05) is 11.9 Å². The first-order chi connectivity index (χ1) is 12.5. The Morgan fingerprint density at radius 1 is 1.08 bits per heavy atom. The van der Waals surface area contributed by atoms with Gasteiger partial charge in [0.05, 0.1) is 12.2 Å². The lowest BCUT2D eigenvalue weighted by atomic mass is 10.2. The van der Waals surface area contributed by atoms with E-state index in [1.165, 1.54) is 22.7 Å². The Morgan fingerprint density at radius 2 is 1.88 bits per heavy atom. The molecule has 10 heteroatoms. The summed E-state index contributed by atoms with van der Waals surface area (Å²) in [4.78, 5) is 28.0. The van der Waals surface area contributed by atoms with Crippen molar-refractivity contribution in [1.82, 2.24) is 10.3 Å². The van der Waals surface area contributed by atoms with Gasteiger partial charge in [-0.15, -0.1) is 11.3 Å². The first kappa shape index (κ1) is 18.1. The van der Waals surface area contributed by atoms with Crippen molar-refractivity contribution in [2.24, 2.45) is 0 Å². The molecule has 2 heterocycles. The highest BCUT2D eigenvalue weighted by molar-refractivity contribution is 7.14. The van der Waals surface area contributed by atoms with Crippen molar-refractivity contribution in [2.45, 2.75) is 0 Å². The monoisotopic (exact) mass is 397 g/mol. The SMILES string of the molecule is O=C(CNC(=O)c1csc(-c2ccsc2)n1)Nc1ccc(F)c(F)c1F. The van der Waals surface area contributed by atoms with E-state index >= 15 is 0 Å². The Balaban J connectivity index is 1.58. The van der Waals surface area contributed by atoms with E-state index in [-0.39, 0.29) is 5.69 Å². The summed E-state index contributed by atoms with van der Waals surface area (Å²) in [6.45, 7) is -0.484. The summed E-state index contributed by atoms with van der Waals surface area (Å²) >= 11 is 2.79. The Hall–Kier alpha value is -2.72. The molecule has 0 atom stereocenters. The van der Waals surface area contributed by atoms with Gasteiger partial charge in [0, 0.05) is 16.3 Å². The maximum Gasteiger partial charge on any atom is 0.271 e. The summed E-state index contributed by atoms with van der Waals surface area (Å²) < 4.78 is 39.5. The number of thiophene rings is 1. The van der Waals surface area contributed by atoms with Gasteiger partial charge in [-0.1, -0.05) is 0 Å². The number of rotatable bonds is 5. The fourth-order valence-electron chi connectivity index (χ4n) is 1.96.